The molecule has 10 heteroatoms. The Balaban J connectivity index is 1.63. The Hall–Kier alpha value is -4.80. The van der Waals surface area contributed by atoms with Crippen LogP contribution in [0.4, 0.5) is 20.3 Å². The van der Waals surface area contributed by atoms with Crippen LogP contribution in [-0.2, 0) is 7.05 Å². The normalized spacial score (nSPS) is 18.1. The zero-order valence-electron chi connectivity index (χ0n) is 23.1. The zero-order chi connectivity index (χ0) is 29.4. The average molecular weight is 555 g/mol. The lowest BCUT2D eigenvalue weighted by Gasteiger charge is -2.48. The number of halogens is 2. The molecule has 1 saturated heterocycles. The van der Waals surface area contributed by atoms with Crippen molar-refractivity contribution in [2.75, 3.05) is 25.1 Å². The number of anilines is 1. The van der Waals surface area contributed by atoms with E-state index in [4.69, 9.17) is 11.3 Å². The molecule has 8 nitrogen and oxygen atoms in total. The highest BCUT2D eigenvalue weighted by Crippen LogP contribution is 2.40. The van der Waals surface area contributed by atoms with E-state index in [2.05, 4.69) is 20.8 Å². The second-order valence-electron chi connectivity index (χ2n) is 10.2. The molecule has 0 bridgehead atoms. The largest absolute Gasteiger partial charge is 0.496 e. The number of rotatable bonds is 5. The highest BCUT2D eigenvalue weighted by atomic mass is 19.1. The van der Waals surface area contributed by atoms with Crippen LogP contribution < -0.4 is 15.2 Å². The van der Waals surface area contributed by atoms with Crippen molar-refractivity contribution < 1.29 is 13.5 Å². The Morgan fingerprint density at radius 3 is 2.44 bits per heavy atom. The van der Waals surface area contributed by atoms with Gasteiger partial charge in [-0.2, -0.15) is 5.26 Å². The monoisotopic (exact) mass is 554 g/mol. The van der Waals surface area contributed by atoms with E-state index in [0.29, 0.717) is 35.6 Å². The molecular weight excluding hydrogens is 526 g/mol. The third-order valence-electron chi connectivity index (χ3n) is 7.76. The van der Waals surface area contributed by atoms with Crippen molar-refractivity contribution in [2.45, 2.75) is 32.0 Å². The molecule has 0 radical (unpaired) electrons. The Morgan fingerprint density at radius 2 is 1.78 bits per heavy atom. The molecule has 1 aliphatic heterocycles. The summed E-state index contributed by atoms with van der Waals surface area (Å²) in [4.78, 5) is 25.4. The molecule has 0 aliphatic carbocycles. The van der Waals surface area contributed by atoms with Gasteiger partial charge in [0.15, 0.2) is 0 Å². The number of nitriles is 1. The molecule has 1 aliphatic rings. The number of aryl methyl sites for hydroxylation is 1. The number of hydrogen-bond acceptors (Lipinski definition) is 6. The number of ether oxygens (including phenoxy) is 1. The van der Waals surface area contributed by atoms with Gasteiger partial charge in [0.1, 0.15) is 34.7 Å². The maximum Gasteiger partial charge on any atom is 0.271 e. The molecule has 2 aromatic heterocycles. The Labute approximate surface area is 236 Å². The van der Waals surface area contributed by atoms with Crippen molar-refractivity contribution >= 4 is 22.5 Å². The lowest BCUT2D eigenvalue weighted by molar-refractivity contribution is 0.128. The van der Waals surface area contributed by atoms with Gasteiger partial charge in [-0.3, -0.25) is 9.69 Å². The Morgan fingerprint density at radius 1 is 1.07 bits per heavy atom. The second-order valence-corrected chi connectivity index (χ2v) is 10.2. The van der Waals surface area contributed by atoms with Crippen molar-refractivity contribution in [1.82, 2.24) is 14.5 Å². The van der Waals surface area contributed by atoms with Gasteiger partial charge in [0, 0.05) is 43.9 Å². The minimum absolute atomic E-state index is 0.0302. The maximum atomic E-state index is 14.2. The van der Waals surface area contributed by atoms with Crippen molar-refractivity contribution in [3.05, 3.63) is 105 Å². The molecule has 0 spiro atoms. The molecule has 0 N–H and O–H groups in total. The van der Waals surface area contributed by atoms with E-state index in [-0.39, 0.29) is 29.3 Å². The molecule has 5 rings (SSSR count). The van der Waals surface area contributed by atoms with E-state index < -0.39 is 17.4 Å². The predicted octanol–water partition coefficient (Wildman–Crippen LogP) is 5.33. The van der Waals surface area contributed by atoms with Gasteiger partial charge >= 0.3 is 0 Å². The number of methoxy groups -OCH3 is 1. The summed E-state index contributed by atoms with van der Waals surface area (Å²) < 4.78 is 35.0. The summed E-state index contributed by atoms with van der Waals surface area (Å²) >= 11 is 0. The second kappa shape index (κ2) is 11.0. The van der Waals surface area contributed by atoms with Crippen LogP contribution in [0.25, 0.3) is 15.9 Å². The van der Waals surface area contributed by atoms with Crippen LogP contribution in [-0.4, -0.2) is 46.7 Å². The fraction of sp³-hybridized carbons (Fsp3) is 0.290. The van der Waals surface area contributed by atoms with E-state index in [1.54, 1.807) is 37.4 Å². The van der Waals surface area contributed by atoms with E-state index in [1.807, 2.05) is 18.7 Å². The van der Waals surface area contributed by atoms with Crippen molar-refractivity contribution in [1.29, 1.82) is 5.26 Å². The molecule has 0 amide bonds. The highest BCUT2D eigenvalue weighted by molar-refractivity contribution is 5.93. The van der Waals surface area contributed by atoms with Gasteiger partial charge in [-0.1, -0.05) is 24.8 Å². The summed E-state index contributed by atoms with van der Waals surface area (Å²) in [6.45, 7) is 12.4. The zero-order valence-corrected chi connectivity index (χ0v) is 23.1. The molecule has 2 aromatic carbocycles. The Kier molecular flexibility index (Phi) is 7.44. The third kappa shape index (κ3) is 4.88. The highest BCUT2D eigenvalue weighted by Gasteiger charge is 2.38. The van der Waals surface area contributed by atoms with Gasteiger partial charge in [0.25, 0.3) is 11.4 Å². The SMILES string of the molecule is [C-]#[N+]c1ccc2c(n1)c(N1C[C@@H](C)N(C(c3ccc(F)cc3)c3ccc(F)cc3OC)C[C@@H]1C)c(C#N)c(=O)n2C. The minimum Gasteiger partial charge on any atom is -0.496 e. The van der Waals surface area contributed by atoms with Crippen LogP contribution in [0.3, 0.4) is 0 Å². The first-order chi connectivity index (χ1) is 19.7. The van der Waals surface area contributed by atoms with Crippen LogP contribution in [0.15, 0.2) is 59.4 Å². The molecule has 0 saturated carbocycles. The quantitative estimate of drug-likeness (QED) is 0.310. The fourth-order valence-corrected chi connectivity index (χ4v) is 5.76. The summed E-state index contributed by atoms with van der Waals surface area (Å²) in [5.41, 5.74) is 2.43. The summed E-state index contributed by atoms with van der Waals surface area (Å²) in [6, 6.07) is 15.2. The third-order valence-corrected chi connectivity index (χ3v) is 7.76. The molecule has 1 fully saturated rings. The smallest absolute Gasteiger partial charge is 0.271 e. The number of pyridine rings is 2. The number of benzene rings is 2. The summed E-state index contributed by atoms with van der Waals surface area (Å²) in [6.07, 6.45) is 0. The number of nitrogens with zero attached hydrogens (tertiary/aromatic N) is 6. The van der Waals surface area contributed by atoms with Crippen molar-refractivity contribution in [3.8, 4) is 11.8 Å². The van der Waals surface area contributed by atoms with Crippen molar-refractivity contribution in [3.63, 3.8) is 0 Å². The molecule has 4 aromatic rings. The van der Waals surface area contributed by atoms with Crippen LogP contribution in [0.1, 0.15) is 36.6 Å². The van der Waals surface area contributed by atoms with E-state index in [9.17, 15) is 18.8 Å². The van der Waals surface area contributed by atoms with Gasteiger partial charge in [-0.25, -0.2) is 8.78 Å². The van der Waals surface area contributed by atoms with Crippen LogP contribution in [0.2, 0.25) is 0 Å². The van der Waals surface area contributed by atoms with Crippen LogP contribution >= 0.6 is 0 Å². The van der Waals surface area contributed by atoms with Crippen molar-refractivity contribution in [2.24, 2.45) is 7.05 Å². The number of fused-ring (bicyclic) bond motifs is 1. The van der Waals surface area contributed by atoms with Gasteiger partial charge in [0.2, 0.25) is 5.52 Å². The number of piperazine rings is 1. The lowest BCUT2D eigenvalue weighted by Crippen LogP contribution is -2.58. The predicted molar refractivity (Wildman–Crippen MR) is 152 cm³/mol. The minimum atomic E-state index is -0.435. The van der Waals surface area contributed by atoms with E-state index in [1.165, 1.54) is 35.9 Å². The first kappa shape index (κ1) is 27.8. The molecule has 1 unspecified atom stereocenters. The topological polar surface area (TPSA) is 78.8 Å². The van der Waals surface area contributed by atoms with Crippen LogP contribution in [0.5, 0.6) is 5.75 Å². The van der Waals surface area contributed by atoms with E-state index in [0.717, 1.165) is 11.1 Å². The van der Waals surface area contributed by atoms with Gasteiger partial charge in [-0.05, 0) is 49.7 Å². The maximum absolute atomic E-state index is 14.2. The Bertz CT molecular complexity index is 1770. The summed E-state index contributed by atoms with van der Waals surface area (Å²) in [7, 11) is 3.07. The van der Waals surface area contributed by atoms with E-state index >= 15 is 0 Å². The summed E-state index contributed by atoms with van der Waals surface area (Å²) in [5.74, 6) is -0.248. The van der Waals surface area contributed by atoms with Gasteiger partial charge in [0.05, 0.1) is 18.7 Å². The molecule has 41 heavy (non-hydrogen) atoms. The average Bonchev–Trinajstić information content (AvgIpc) is 2.97. The molecular formula is C31H28F2N6O2. The number of aromatic nitrogens is 2. The molecule has 3 atom stereocenters. The standard InChI is InChI=1S/C31H28F2N6O2/c1-18-17-39(30-24(15-34)31(40)37(4)25-12-13-27(35-3)36-28(25)30)19(2)16-38(18)29(20-6-8-21(32)9-7-20)23-11-10-22(33)14-26(23)41-5/h6-14,18-19,29H,16-17H2,1-2,4-5H3/t18-,19+,29?/m1/s1. The summed E-state index contributed by atoms with van der Waals surface area (Å²) in [5, 5.41) is 10.1. The van der Waals surface area contributed by atoms with Gasteiger partial charge < -0.3 is 19.0 Å². The van der Waals surface area contributed by atoms with Crippen LogP contribution in [0, 0.1) is 29.5 Å². The fourth-order valence-electron chi connectivity index (χ4n) is 5.76. The first-order valence-corrected chi connectivity index (χ1v) is 13.1. The number of hydrogen-bond donors (Lipinski definition) is 0. The first-order valence-electron chi connectivity index (χ1n) is 13.1. The molecule has 3 heterocycles. The molecule has 208 valence electrons. The van der Waals surface area contributed by atoms with Gasteiger partial charge in [-0.15, -0.1) is 4.98 Å². The lowest BCUT2D eigenvalue weighted by atomic mass is 9.92.